The molecule has 0 radical (unpaired) electrons. The minimum absolute atomic E-state index is 0.00520. The van der Waals surface area contributed by atoms with E-state index in [1.807, 2.05) is 30.3 Å². The maximum absolute atomic E-state index is 15.1. The average molecular weight is 543 g/mol. The quantitative estimate of drug-likeness (QED) is 0.309. The van der Waals surface area contributed by atoms with Gasteiger partial charge in [0, 0.05) is 17.5 Å². The number of fused-ring (bicyclic) bond motifs is 2. The molecule has 0 amide bonds. The van der Waals surface area contributed by atoms with Crippen LogP contribution in [0.1, 0.15) is 111 Å². The lowest BCUT2D eigenvalue weighted by atomic mass is 9.69. The largest absolute Gasteiger partial charge is 0.462 e. The Morgan fingerprint density at radius 2 is 1.08 bits per heavy atom. The van der Waals surface area contributed by atoms with Gasteiger partial charge in [-0.2, -0.15) is 0 Å². The zero-order valence-electron chi connectivity index (χ0n) is 24.1. The van der Waals surface area contributed by atoms with Gasteiger partial charge in [0.2, 0.25) is 0 Å². The van der Waals surface area contributed by atoms with Crippen molar-refractivity contribution < 1.29 is 13.6 Å². The van der Waals surface area contributed by atoms with Crippen molar-refractivity contribution in [2.24, 2.45) is 0 Å². The van der Waals surface area contributed by atoms with Crippen molar-refractivity contribution in [1.82, 2.24) is 0 Å². The summed E-state index contributed by atoms with van der Waals surface area (Å²) in [7, 11) is -3.75. The summed E-state index contributed by atoms with van der Waals surface area (Å²) in [6, 6.07) is 18.7. The summed E-state index contributed by atoms with van der Waals surface area (Å²) in [6.45, 7) is 9.12. The van der Waals surface area contributed by atoms with Crippen molar-refractivity contribution in [2.45, 2.75) is 109 Å². The van der Waals surface area contributed by atoms with Crippen molar-refractivity contribution in [1.29, 1.82) is 0 Å². The molecule has 0 bridgehead atoms. The SMILES string of the molecule is Cc1cc2c(c(C3(C)CCCCC3)c1)OP(=O)(c1ccccc1)Oc1c(cc(C)cc1C1(C)CCCCC1)C2. The fourth-order valence-corrected chi connectivity index (χ4v) is 9.15. The van der Waals surface area contributed by atoms with Crippen molar-refractivity contribution in [3.8, 4) is 11.5 Å². The summed E-state index contributed by atoms with van der Waals surface area (Å²) >= 11 is 0. The van der Waals surface area contributed by atoms with E-state index >= 15 is 4.57 Å². The number of hydrogen-bond donors (Lipinski definition) is 0. The van der Waals surface area contributed by atoms with Crippen molar-refractivity contribution in [3.63, 3.8) is 0 Å². The van der Waals surface area contributed by atoms with Crippen LogP contribution < -0.4 is 14.4 Å². The van der Waals surface area contributed by atoms with Gasteiger partial charge in [-0.05, 0) is 73.6 Å². The molecule has 206 valence electrons. The smallest absolute Gasteiger partial charge is 0.412 e. The minimum atomic E-state index is -3.75. The second-order valence-corrected chi connectivity index (χ2v) is 14.9. The van der Waals surface area contributed by atoms with Gasteiger partial charge in [-0.15, -0.1) is 0 Å². The first-order valence-corrected chi connectivity index (χ1v) is 16.6. The zero-order valence-corrected chi connectivity index (χ0v) is 25.0. The predicted molar refractivity (Wildman–Crippen MR) is 161 cm³/mol. The van der Waals surface area contributed by atoms with E-state index in [2.05, 4.69) is 52.0 Å². The van der Waals surface area contributed by atoms with Crippen molar-refractivity contribution in [2.75, 3.05) is 0 Å². The highest BCUT2D eigenvalue weighted by atomic mass is 31.2. The van der Waals surface area contributed by atoms with Crippen LogP contribution in [0.2, 0.25) is 0 Å². The van der Waals surface area contributed by atoms with Gasteiger partial charge in [0.05, 0.1) is 5.30 Å². The lowest BCUT2D eigenvalue weighted by Gasteiger charge is -2.39. The van der Waals surface area contributed by atoms with Crippen LogP contribution in [0.15, 0.2) is 54.6 Å². The second-order valence-electron chi connectivity index (χ2n) is 13.0. The first-order valence-electron chi connectivity index (χ1n) is 15.0. The third kappa shape index (κ3) is 4.97. The van der Waals surface area contributed by atoms with Crippen LogP contribution >= 0.6 is 7.60 Å². The molecule has 2 fully saturated rings. The molecule has 3 nitrogen and oxygen atoms in total. The molecule has 0 atom stereocenters. The van der Waals surface area contributed by atoms with Crippen molar-refractivity contribution >= 4 is 12.9 Å². The Morgan fingerprint density at radius 3 is 1.51 bits per heavy atom. The van der Waals surface area contributed by atoms with Crippen LogP contribution in [0.3, 0.4) is 0 Å². The molecule has 0 N–H and O–H groups in total. The lowest BCUT2D eigenvalue weighted by Crippen LogP contribution is -2.29. The van der Waals surface area contributed by atoms with Gasteiger partial charge in [0.1, 0.15) is 11.5 Å². The molecular formula is C35H43O3P. The van der Waals surface area contributed by atoms with Crippen molar-refractivity contribution in [3.05, 3.63) is 88.0 Å². The van der Waals surface area contributed by atoms with Gasteiger partial charge in [0.25, 0.3) is 0 Å². The van der Waals surface area contributed by atoms with Gasteiger partial charge in [-0.1, -0.05) is 106 Å². The van der Waals surface area contributed by atoms with E-state index in [1.54, 1.807) is 0 Å². The fourth-order valence-electron chi connectivity index (χ4n) is 7.45. The molecule has 0 saturated heterocycles. The zero-order chi connectivity index (χ0) is 27.3. The van der Waals surface area contributed by atoms with E-state index in [4.69, 9.17) is 9.05 Å². The molecule has 0 unspecified atom stereocenters. The summed E-state index contributed by atoms with van der Waals surface area (Å²) in [6.07, 6.45) is 12.7. The monoisotopic (exact) mass is 542 g/mol. The van der Waals surface area contributed by atoms with Crippen LogP contribution in [-0.2, 0) is 21.8 Å². The summed E-state index contributed by atoms with van der Waals surface area (Å²) in [5.74, 6) is 1.57. The van der Waals surface area contributed by atoms with E-state index in [-0.39, 0.29) is 10.8 Å². The van der Waals surface area contributed by atoms with E-state index < -0.39 is 7.60 Å². The maximum Gasteiger partial charge on any atom is 0.462 e. The highest BCUT2D eigenvalue weighted by molar-refractivity contribution is 7.63. The highest BCUT2D eigenvalue weighted by Crippen LogP contribution is 2.57. The summed E-state index contributed by atoms with van der Waals surface area (Å²) < 4.78 is 28.8. The Kier molecular flexibility index (Phi) is 6.95. The lowest BCUT2D eigenvalue weighted by molar-refractivity contribution is 0.303. The Labute approximate surface area is 234 Å². The molecule has 1 heterocycles. The van der Waals surface area contributed by atoms with E-state index in [0.29, 0.717) is 5.30 Å². The van der Waals surface area contributed by atoms with Crippen LogP contribution in [0.4, 0.5) is 0 Å². The molecule has 3 aliphatic rings. The van der Waals surface area contributed by atoms with Crippen LogP contribution in [0.25, 0.3) is 0 Å². The van der Waals surface area contributed by atoms with E-state index in [9.17, 15) is 0 Å². The molecule has 0 aromatic heterocycles. The Balaban J connectivity index is 1.60. The molecule has 2 aliphatic carbocycles. The number of aryl methyl sites for hydroxylation is 2. The third-order valence-corrected chi connectivity index (χ3v) is 11.5. The summed E-state index contributed by atoms with van der Waals surface area (Å²) in [5, 5.41) is 0.615. The van der Waals surface area contributed by atoms with Crippen LogP contribution in [-0.4, -0.2) is 0 Å². The molecule has 0 spiro atoms. The Morgan fingerprint density at radius 1 is 0.641 bits per heavy atom. The normalized spacial score (nSPS) is 21.3. The molecule has 39 heavy (non-hydrogen) atoms. The van der Waals surface area contributed by atoms with Crippen LogP contribution in [0.5, 0.6) is 11.5 Å². The highest BCUT2D eigenvalue weighted by Gasteiger charge is 2.42. The minimum Gasteiger partial charge on any atom is -0.412 e. The maximum atomic E-state index is 15.1. The Hall–Kier alpha value is -2.51. The molecular weight excluding hydrogens is 499 g/mol. The fraction of sp³-hybridized carbons (Fsp3) is 0.486. The molecule has 2 saturated carbocycles. The average Bonchev–Trinajstić information content (AvgIpc) is 2.92. The molecule has 4 heteroatoms. The standard InChI is InChI=1S/C35H43O3P/c1-25-20-27-24-28-21-26(2)23-31(35(4)18-12-7-13-19-35)33(28)38-39(36,29-14-8-5-9-15-29)37-32(27)30(22-25)34(3)16-10-6-11-17-34/h5,8-9,14-15,20-23H,6-7,10-13,16-19,24H2,1-4H3. The Bertz CT molecular complexity index is 1330. The first kappa shape index (κ1) is 26.7. The number of hydrogen-bond acceptors (Lipinski definition) is 3. The van der Waals surface area contributed by atoms with Crippen LogP contribution in [0, 0.1) is 13.8 Å². The van der Waals surface area contributed by atoms with Gasteiger partial charge >= 0.3 is 7.60 Å². The molecule has 6 rings (SSSR count). The summed E-state index contributed by atoms with van der Waals surface area (Å²) in [5.41, 5.74) is 7.15. The van der Waals surface area contributed by atoms with E-state index in [0.717, 1.165) is 54.7 Å². The topological polar surface area (TPSA) is 35.5 Å². The molecule has 3 aromatic carbocycles. The molecule has 3 aromatic rings. The summed E-state index contributed by atoms with van der Waals surface area (Å²) in [4.78, 5) is 0. The third-order valence-electron chi connectivity index (χ3n) is 9.71. The predicted octanol–water partition coefficient (Wildman–Crippen LogP) is 9.63. The van der Waals surface area contributed by atoms with E-state index in [1.165, 1.54) is 60.8 Å². The van der Waals surface area contributed by atoms with Gasteiger partial charge in [0.15, 0.2) is 0 Å². The number of benzene rings is 3. The van der Waals surface area contributed by atoms with Gasteiger partial charge < -0.3 is 9.05 Å². The second kappa shape index (κ2) is 10.2. The van der Waals surface area contributed by atoms with Gasteiger partial charge in [-0.25, -0.2) is 4.57 Å². The number of rotatable bonds is 3. The molecule has 1 aliphatic heterocycles. The van der Waals surface area contributed by atoms with Gasteiger partial charge in [-0.3, -0.25) is 0 Å². The first-order chi connectivity index (χ1) is 18.7.